The molecule has 0 saturated heterocycles. The van der Waals surface area contributed by atoms with E-state index in [4.69, 9.17) is 0 Å². The Morgan fingerprint density at radius 2 is 1.72 bits per heavy atom. The van der Waals surface area contributed by atoms with E-state index in [0.29, 0.717) is 26.8 Å². The zero-order chi connectivity index (χ0) is 22.7. The van der Waals surface area contributed by atoms with Crippen LogP contribution in [0.2, 0.25) is 0 Å². The summed E-state index contributed by atoms with van der Waals surface area (Å²) in [5, 5.41) is 13.5. The van der Waals surface area contributed by atoms with Gasteiger partial charge in [0.1, 0.15) is 15.8 Å². The Kier molecular flexibility index (Phi) is 5.95. The maximum Gasteiger partial charge on any atom is 0.422 e. The molecule has 0 aliphatic carbocycles. The van der Waals surface area contributed by atoms with Gasteiger partial charge in [0, 0.05) is 29.5 Å². The van der Waals surface area contributed by atoms with E-state index in [1.54, 1.807) is 12.1 Å². The van der Waals surface area contributed by atoms with Crippen LogP contribution in [0.1, 0.15) is 5.01 Å². The first-order chi connectivity index (χ1) is 15.3. The van der Waals surface area contributed by atoms with Crippen LogP contribution in [0.4, 0.5) is 17.6 Å². The number of pyridine rings is 1. The topological polar surface area (TPSA) is 82.8 Å². The van der Waals surface area contributed by atoms with E-state index in [-0.39, 0.29) is 23.8 Å². The maximum absolute atomic E-state index is 13.1. The van der Waals surface area contributed by atoms with Crippen molar-refractivity contribution < 1.29 is 22.3 Å². The zero-order valence-electron chi connectivity index (χ0n) is 16.1. The molecular formula is C20H13F4N5O2S. The number of hydrogen-bond acceptors (Lipinski definition) is 7. The van der Waals surface area contributed by atoms with Gasteiger partial charge in [-0.25, -0.2) is 14.1 Å². The van der Waals surface area contributed by atoms with Crippen molar-refractivity contribution in [1.29, 1.82) is 0 Å². The van der Waals surface area contributed by atoms with Crippen molar-refractivity contribution in [3.63, 3.8) is 0 Å². The summed E-state index contributed by atoms with van der Waals surface area (Å²) in [6.45, 7) is -1.38. The van der Waals surface area contributed by atoms with E-state index in [0.717, 1.165) is 0 Å². The lowest BCUT2D eigenvalue weighted by Gasteiger charge is -2.09. The van der Waals surface area contributed by atoms with Crippen molar-refractivity contribution in [2.24, 2.45) is 0 Å². The Bertz CT molecular complexity index is 1270. The average Bonchev–Trinajstić information content (AvgIpc) is 3.23. The lowest BCUT2D eigenvalue weighted by molar-refractivity contribution is -0.154. The molecule has 0 unspecified atom stereocenters. The van der Waals surface area contributed by atoms with Crippen LogP contribution in [-0.4, -0.2) is 37.7 Å². The number of aromatic nitrogens is 5. The number of halogens is 4. The van der Waals surface area contributed by atoms with Crippen LogP contribution in [0.5, 0.6) is 5.88 Å². The zero-order valence-corrected chi connectivity index (χ0v) is 16.9. The SMILES string of the molecule is O=c1ccc(-c2ccc(OCC(F)(F)F)nc2)nn1Cc1nnc(-c2ccc(F)cc2)s1. The van der Waals surface area contributed by atoms with E-state index < -0.39 is 12.8 Å². The minimum atomic E-state index is -4.46. The lowest BCUT2D eigenvalue weighted by atomic mass is 10.2. The number of benzene rings is 1. The first-order valence-electron chi connectivity index (χ1n) is 9.09. The summed E-state index contributed by atoms with van der Waals surface area (Å²) in [4.78, 5) is 16.1. The minimum absolute atomic E-state index is 0.0613. The van der Waals surface area contributed by atoms with Gasteiger partial charge in [-0.05, 0) is 36.4 Å². The third-order valence-electron chi connectivity index (χ3n) is 4.13. The summed E-state index contributed by atoms with van der Waals surface area (Å²) in [6.07, 6.45) is -3.15. The van der Waals surface area contributed by atoms with E-state index in [1.165, 1.54) is 58.6 Å². The Morgan fingerprint density at radius 1 is 0.969 bits per heavy atom. The number of hydrogen-bond donors (Lipinski definition) is 0. The molecule has 0 radical (unpaired) electrons. The fourth-order valence-electron chi connectivity index (χ4n) is 2.64. The summed E-state index contributed by atoms with van der Waals surface area (Å²) in [6, 6.07) is 11.4. The van der Waals surface area contributed by atoms with Gasteiger partial charge in [0.25, 0.3) is 5.56 Å². The quantitative estimate of drug-likeness (QED) is 0.403. The molecule has 7 nitrogen and oxygen atoms in total. The fourth-order valence-corrected chi connectivity index (χ4v) is 3.47. The van der Waals surface area contributed by atoms with Gasteiger partial charge in [-0.3, -0.25) is 4.79 Å². The summed E-state index contributed by atoms with van der Waals surface area (Å²) in [7, 11) is 0. The van der Waals surface area contributed by atoms with E-state index >= 15 is 0 Å². The predicted octanol–water partition coefficient (Wildman–Crippen LogP) is 3.95. The van der Waals surface area contributed by atoms with E-state index in [9.17, 15) is 22.4 Å². The smallest absolute Gasteiger partial charge is 0.422 e. The molecule has 0 bridgehead atoms. The molecule has 3 aromatic heterocycles. The van der Waals surface area contributed by atoms with Crippen molar-refractivity contribution in [1.82, 2.24) is 25.0 Å². The van der Waals surface area contributed by atoms with Crippen LogP contribution in [0.25, 0.3) is 21.8 Å². The Balaban J connectivity index is 1.51. The average molecular weight is 463 g/mol. The van der Waals surface area contributed by atoms with Crippen LogP contribution in [0, 0.1) is 5.82 Å². The normalized spacial score (nSPS) is 11.5. The van der Waals surface area contributed by atoms with E-state index in [2.05, 4.69) is 25.0 Å². The largest absolute Gasteiger partial charge is 0.468 e. The van der Waals surface area contributed by atoms with Crippen molar-refractivity contribution in [3.05, 3.63) is 75.9 Å². The van der Waals surface area contributed by atoms with Gasteiger partial charge in [-0.1, -0.05) is 11.3 Å². The molecule has 0 aliphatic rings. The number of rotatable bonds is 6. The van der Waals surface area contributed by atoms with Gasteiger partial charge < -0.3 is 4.74 Å². The number of nitrogens with zero attached hydrogens (tertiary/aromatic N) is 5. The second kappa shape index (κ2) is 8.83. The Morgan fingerprint density at radius 3 is 2.41 bits per heavy atom. The molecular weight excluding hydrogens is 450 g/mol. The highest BCUT2D eigenvalue weighted by Gasteiger charge is 2.28. The molecule has 0 N–H and O–H groups in total. The monoisotopic (exact) mass is 463 g/mol. The standard InChI is InChI=1S/C20H13F4N5O2S/c21-14-4-1-12(2-5-14)19-27-26-17(32-19)10-29-18(30)8-6-15(28-29)13-3-7-16(25-9-13)31-11-20(22,23)24/h1-9H,10-11H2. The molecule has 1 aromatic carbocycles. The number of ether oxygens (including phenoxy) is 1. The Hall–Kier alpha value is -3.67. The molecule has 0 amide bonds. The van der Waals surface area contributed by atoms with Gasteiger partial charge in [-0.15, -0.1) is 10.2 Å². The van der Waals surface area contributed by atoms with Crippen LogP contribution < -0.4 is 10.3 Å². The fraction of sp³-hybridized carbons (Fsp3) is 0.150. The lowest BCUT2D eigenvalue weighted by Crippen LogP contribution is -2.22. The molecule has 0 spiro atoms. The highest BCUT2D eigenvalue weighted by atomic mass is 32.1. The third-order valence-corrected chi connectivity index (χ3v) is 5.08. The molecule has 32 heavy (non-hydrogen) atoms. The van der Waals surface area contributed by atoms with Crippen LogP contribution >= 0.6 is 11.3 Å². The molecule has 12 heteroatoms. The molecule has 0 saturated carbocycles. The minimum Gasteiger partial charge on any atom is -0.468 e. The van der Waals surface area contributed by atoms with Crippen LogP contribution in [-0.2, 0) is 6.54 Å². The highest BCUT2D eigenvalue weighted by molar-refractivity contribution is 7.14. The summed E-state index contributed by atoms with van der Waals surface area (Å²) in [5.74, 6) is -0.540. The second-order valence-corrected chi connectivity index (χ2v) is 7.57. The maximum atomic E-state index is 13.1. The van der Waals surface area contributed by atoms with Crippen molar-refractivity contribution in [2.75, 3.05) is 6.61 Å². The molecule has 0 aliphatic heterocycles. The van der Waals surface area contributed by atoms with Crippen LogP contribution in [0.15, 0.2) is 59.5 Å². The summed E-state index contributed by atoms with van der Waals surface area (Å²) >= 11 is 1.24. The van der Waals surface area contributed by atoms with E-state index in [1.807, 2.05) is 0 Å². The van der Waals surface area contributed by atoms with Crippen molar-refractivity contribution in [3.8, 4) is 27.7 Å². The van der Waals surface area contributed by atoms with Gasteiger partial charge >= 0.3 is 6.18 Å². The highest BCUT2D eigenvalue weighted by Crippen LogP contribution is 2.24. The number of alkyl halides is 3. The summed E-state index contributed by atoms with van der Waals surface area (Å²) < 4.78 is 55.6. The second-order valence-electron chi connectivity index (χ2n) is 6.51. The van der Waals surface area contributed by atoms with Crippen molar-refractivity contribution >= 4 is 11.3 Å². The molecule has 3 heterocycles. The van der Waals surface area contributed by atoms with Gasteiger partial charge in [-0.2, -0.15) is 18.3 Å². The molecule has 0 atom stereocenters. The molecule has 4 aromatic rings. The van der Waals surface area contributed by atoms with Gasteiger partial charge in [0.05, 0.1) is 12.2 Å². The third kappa shape index (κ3) is 5.32. The first-order valence-corrected chi connectivity index (χ1v) is 9.91. The molecule has 164 valence electrons. The van der Waals surface area contributed by atoms with Gasteiger partial charge in [0.15, 0.2) is 6.61 Å². The molecule has 0 fully saturated rings. The first kappa shape index (κ1) is 21.6. The Labute approximate surface area is 182 Å². The van der Waals surface area contributed by atoms with Gasteiger partial charge in [0.2, 0.25) is 5.88 Å². The molecule has 4 rings (SSSR count). The predicted molar refractivity (Wildman–Crippen MR) is 108 cm³/mol. The van der Waals surface area contributed by atoms with Crippen LogP contribution in [0.3, 0.4) is 0 Å². The summed E-state index contributed by atoms with van der Waals surface area (Å²) in [5.41, 5.74) is 1.21. The van der Waals surface area contributed by atoms with Crippen molar-refractivity contribution in [2.45, 2.75) is 12.7 Å².